The van der Waals surface area contributed by atoms with Crippen molar-refractivity contribution >= 4 is 39.9 Å². The molecule has 0 aliphatic carbocycles. The van der Waals surface area contributed by atoms with E-state index in [4.69, 9.17) is 9.47 Å². The first-order valence-corrected chi connectivity index (χ1v) is 8.85. The zero-order valence-electron chi connectivity index (χ0n) is 13.5. The van der Waals surface area contributed by atoms with Crippen LogP contribution in [0.5, 0.6) is 5.75 Å². The third-order valence-electron chi connectivity index (χ3n) is 3.14. The summed E-state index contributed by atoms with van der Waals surface area (Å²) < 4.78 is 11.9. The fourth-order valence-electron chi connectivity index (χ4n) is 1.95. The van der Waals surface area contributed by atoms with Crippen molar-refractivity contribution in [3.05, 3.63) is 52.1 Å². The summed E-state index contributed by atoms with van der Waals surface area (Å²) in [4.78, 5) is 11.9. The molecule has 2 rings (SSSR count). The summed E-state index contributed by atoms with van der Waals surface area (Å²) in [5.41, 5.74) is 1.66. The minimum Gasteiger partial charge on any atom is -0.491 e. The number of carbonyl (C=O) groups excluding carboxylic acids is 1. The van der Waals surface area contributed by atoms with Gasteiger partial charge in [0.25, 0.3) is 0 Å². The van der Waals surface area contributed by atoms with Crippen LogP contribution in [0.15, 0.2) is 48.5 Å². The molecular weight excluding hydrogens is 419 g/mol. The molecule has 0 unspecified atom stereocenters. The largest absolute Gasteiger partial charge is 0.491 e. The molecule has 0 atom stereocenters. The van der Waals surface area contributed by atoms with E-state index >= 15 is 0 Å². The molecule has 2 aromatic rings. The van der Waals surface area contributed by atoms with Crippen LogP contribution in [0.2, 0.25) is 0 Å². The molecule has 0 saturated heterocycles. The van der Waals surface area contributed by atoms with Crippen molar-refractivity contribution in [1.29, 1.82) is 0 Å². The van der Waals surface area contributed by atoms with Crippen LogP contribution in [0.25, 0.3) is 0 Å². The van der Waals surface area contributed by atoms with Crippen LogP contribution in [0.3, 0.4) is 0 Å². The number of halogens is 1. The van der Waals surface area contributed by atoms with Crippen molar-refractivity contribution in [2.24, 2.45) is 0 Å². The Kier molecular flexibility index (Phi) is 7.84. The number of hydrogen-bond donors (Lipinski definition) is 2. The highest BCUT2D eigenvalue weighted by Gasteiger charge is 2.02. The standard InChI is InChI=1S/C18H21IN2O3/c1-2-23-11-12-24-17-9-7-15(8-10-17)20-13-18(22)21-16-5-3-14(19)4-6-16/h3-10,20H,2,11-13H2,1H3,(H,21,22). The first-order valence-electron chi connectivity index (χ1n) is 7.77. The van der Waals surface area contributed by atoms with Crippen LogP contribution in [0.1, 0.15) is 6.92 Å². The predicted octanol–water partition coefficient (Wildman–Crippen LogP) is 3.76. The summed E-state index contributed by atoms with van der Waals surface area (Å²) in [7, 11) is 0. The van der Waals surface area contributed by atoms with Gasteiger partial charge in [-0.3, -0.25) is 4.79 Å². The number of rotatable bonds is 9. The zero-order chi connectivity index (χ0) is 17.2. The quantitative estimate of drug-likeness (QED) is 0.461. The molecule has 0 bridgehead atoms. The highest BCUT2D eigenvalue weighted by molar-refractivity contribution is 14.1. The molecular formula is C18H21IN2O3. The number of nitrogens with one attached hydrogen (secondary N) is 2. The molecule has 1 amide bonds. The smallest absolute Gasteiger partial charge is 0.243 e. The van der Waals surface area contributed by atoms with E-state index in [2.05, 4.69) is 33.2 Å². The summed E-state index contributed by atoms with van der Waals surface area (Å²) in [6.07, 6.45) is 0. The second kappa shape index (κ2) is 10.1. The van der Waals surface area contributed by atoms with Gasteiger partial charge in [-0.25, -0.2) is 0 Å². The summed E-state index contributed by atoms with van der Waals surface area (Å²) in [5.74, 6) is 0.692. The third kappa shape index (κ3) is 6.76. The second-order valence-electron chi connectivity index (χ2n) is 4.98. The van der Waals surface area contributed by atoms with E-state index in [9.17, 15) is 4.79 Å². The first-order chi connectivity index (χ1) is 11.7. The van der Waals surface area contributed by atoms with Crippen LogP contribution in [0, 0.1) is 3.57 Å². The average Bonchev–Trinajstić information content (AvgIpc) is 2.60. The molecule has 0 aliphatic heterocycles. The van der Waals surface area contributed by atoms with Crippen molar-refractivity contribution in [3.63, 3.8) is 0 Å². The van der Waals surface area contributed by atoms with Gasteiger partial charge in [-0.1, -0.05) is 0 Å². The van der Waals surface area contributed by atoms with Crippen LogP contribution >= 0.6 is 22.6 Å². The Morgan fingerprint density at radius 3 is 2.33 bits per heavy atom. The van der Waals surface area contributed by atoms with Crippen molar-refractivity contribution in [1.82, 2.24) is 0 Å². The number of anilines is 2. The van der Waals surface area contributed by atoms with Crippen molar-refractivity contribution < 1.29 is 14.3 Å². The van der Waals surface area contributed by atoms with E-state index in [-0.39, 0.29) is 12.5 Å². The van der Waals surface area contributed by atoms with Crippen LogP contribution in [-0.2, 0) is 9.53 Å². The predicted molar refractivity (Wildman–Crippen MR) is 105 cm³/mol. The van der Waals surface area contributed by atoms with Crippen LogP contribution in [0.4, 0.5) is 11.4 Å². The number of amides is 1. The van der Waals surface area contributed by atoms with E-state index in [1.165, 1.54) is 0 Å². The summed E-state index contributed by atoms with van der Waals surface area (Å²) in [6.45, 7) is 3.95. The van der Waals surface area contributed by atoms with Crippen molar-refractivity contribution in [2.45, 2.75) is 6.92 Å². The van der Waals surface area contributed by atoms with Gasteiger partial charge in [0.1, 0.15) is 12.4 Å². The SMILES string of the molecule is CCOCCOc1ccc(NCC(=O)Nc2ccc(I)cc2)cc1. The van der Waals surface area contributed by atoms with E-state index in [1.807, 2.05) is 55.5 Å². The summed E-state index contributed by atoms with van der Waals surface area (Å²) >= 11 is 2.23. The van der Waals surface area contributed by atoms with Crippen LogP contribution < -0.4 is 15.4 Å². The van der Waals surface area contributed by atoms with Gasteiger partial charge in [-0.05, 0) is 78.0 Å². The van der Waals surface area contributed by atoms with E-state index in [0.29, 0.717) is 19.8 Å². The molecule has 0 spiro atoms. The number of carbonyl (C=O) groups is 1. The summed E-state index contributed by atoms with van der Waals surface area (Å²) in [5, 5.41) is 5.93. The Bertz CT molecular complexity index is 630. The lowest BCUT2D eigenvalue weighted by molar-refractivity contribution is -0.114. The molecule has 0 saturated carbocycles. The zero-order valence-corrected chi connectivity index (χ0v) is 15.7. The fraction of sp³-hybridized carbons (Fsp3) is 0.278. The maximum atomic E-state index is 11.9. The van der Waals surface area contributed by atoms with Gasteiger partial charge in [0, 0.05) is 21.6 Å². The topological polar surface area (TPSA) is 59.6 Å². The van der Waals surface area contributed by atoms with Gasteiger partial charge in [-0.2, -0.15) is 0 Å². The van der Waals surface area contributed by atoms with E-state index < -0.39 is 0 Å². The maximum absolute atomic E-state index is 11.9. The molecule has 2 aromatic carbocycles. The van der Waals surface area contributed by atoms with Gasteiger partial charge in [0.05, 0.1) is 13.2 Å². The minimum atomic E-state index is -0.0896. The van der Waals surface area contributed by atoms with Crippen molar-refractivity contribution in [3.8, 4) is 5.75 Å². The molecule has 24 heavy (non-hydrogen) atoms. The molecule has 5 nitrogen and oxygen atoms in total. The summed E-state index contributed by atoms with van der Waals surface area (Å²) in [6, 6.07) is 15.2. The Hall–Kier alpha value is -1.80. The third-order valence-corrected chi connectivity index (χ3v) is 3.86. The van der Waals surface area contributed by atoms with Gasteiger partial charge < -0.3 is 20.1 Å². The number of hydrogen-bond acceptors (Lipinski definition) is 4. The molecule has 0 fully saturated rings. The van der Waals surface area contributed by atoms with Crippen molar-refractivity contribution in [2.75, 3.05) is 37.0 Å². The van der Waals surface area contributed by atoms with Gasteiger partial charge in [0.2, 0.25) is 5.91 Å². The Morgan fingerprint density at radius 1 is 1.00 bits per heavy atom. The average molecular weight is 440 g/mol. The normalized spacial score (nSPS) is 10.2. The van der Waals surface area contributed by atoms with E-state index in [0.717, 1.165) is 20.7 Å². The Labute approximate surface area is 155 Å². The lowest BCUT2D eigenvalue weighted by Gasteiger charge is -2.09. The molecule has 0 aromatic heterocycles. The van der Waals surface area contributed by atoms with Gasteiger partial charge in [0.15, 0.2) is 0 Å². The Balaban J connectivity index is 1.73. The number of benzene rings is 2. The Morgan fingerprint density at radius 2 is 1.67 bits per heavy atom. The van der Waals surface area contributed by atoms with Gasteiger partial charge >= 0.3 is 0 Å². The number of ether oxygens (including phenoxy) is 2. The molecule has 6 heteroatoms. The monoisotopic (exact) mass is 440 g/mol. The van der Waals surface area contributed by atoms with Gasteiger partial charge in [-0.15, -0.1) is 0 Å². The van der Waals surface area contributed by atoms with Crippen LogP contribution in [-0.4, -0.2) is 32.3 Å². The molecule has 2 N–H and O–H groups in total. The molecule has 0 heterocycles. The maximum Gasteiger partial charge on any atom is 0.243 e. The second-order valence-corrected chi connectivity index (χ2v) is 6.22. The van der Waals surface area contributed by atoms with E-state index in [1.54, 1.807) is 0 Å². The molecule has 0 radical (unpaired) electrons. The highest BCUT2D eigenvalue weighted by Crippen LogP contribution is 2.15. The minimum absolute atomic E-state index is 0.0896. The highest BCUT2D eigenvalue weighted by atomic mass is 127. The lowest BCUT2D eigenvalue weighted by Crippen LogP contribution is -2.21. The lowest BCUT2D eigenvalue weighted by atomic mass is 10.3. The molecule has 0 aliphatic rings. The molecule has 128 valence electrons. The first kappa shape index (κ1) is 18.5. The fourth-order valence-corrected chi connectivity index (χ4v) is 2.31.